The van der Waals surface area contributed by atoms with Crippen LogP contribution in [0.25, 0.3) is 0 Å². The molecule has 0 N–H and O–H groups in total. The molecule has 0 aromatic carbocycles. The zero-order valence-corrected chi connectivity index (χ0v) is 8.63. The van der Waals surface area contributed by atoms with Gasteiger partial charge in [0, 0.05) is 11.6 Å². The summed E-state index contributed by atoms with van der Waals surface area (Å²) in [7, 11) is 0. The lowest BCUT2D eigenvalue weighted by atomic mass is 9.98. The second kappa shape index (κ2) is 3.94. The third-order valence-corrected chi connectivity index (χ3v) is 1.45. The van der Waals surface area contributed by atoms with E-state index in [2.05, 4.69) is 22.9 Å². The molecule has 0 aliphatic rings. The molecule has 2 heteroatoms. The van der Waals surface area contributed by atoms with Crippen LogP contribution in [0.15, 0.2) is 18.3 Å². The monoisotopic (exact) mass is 184 g/mol. The highest BCUT2D eigenvalue weighted by atomic mass is 14.6. The predicted molar refractivity (Wildman–Crippen MR) is 55.3 cm³/mol. The Morgan fingerprint density at radius 3 is 2.64 bits per heavy atom. The number of rotatable bonds is 0. The Morgan fingerprint density at radius 1 is 1.36 bits per heavy atom. The first-order chi connectivity index (χ1) is 6.51. The van der Waals surface area contributed by atoms with Crippen LogP contribution >= 0.6 is 0 Å². The van der Waals surface area contributed by atoms with Crippen LogP contribution in [0.2, 0.25) is 0 Å². The van der Waals surface area contributed by atoms with Crippen molar-refractivity contribution >= 4 is 0 Å². The maximum absolute atomic E-state index is 8.66. The summed E-state index contributed by atoms with van der Waals surface area (Å²) in [5, 5.41) is 8.66. The molecule has 70 valence electrons. The molecule has 0 bridgehead atoms. The molecule has 1 rings (SSSR count). The van der Waals surface area contributed by atoms with Gasteiger partial charge in [0.25, 0.3) is 0 Å². The molecule has 0 amide bonds. The van der Waals surface area contributed by atoms with E-state index in [9.17, 15) is 0 Å². The van der Waals surface area contributed by atoms with Gasteiger partial charge in [-0.15, -0.1) is 0 Å². The van der Waals surface area contributed by atoms with E-state index in [1.807, 2.05) is 20.8 Å². The van der Waals surface area contributed by atoms with Crippen LogP contribution in [0, 0.1) is 28.6 Å². The quantitative estimate of drug-likeness (QED) is 0.580. The highest BCUT2D eigenvalue weighted by Crippen LogP contribution is 2.10. The Kier molecular flexibility index (Phi) is 2.89. The fourth-order valence-corrected chi connectivity index (χ4v) is 0.820. The van der Waals surface area contributed by atoms with Crippen molar-refractivity contribution in [1.82, 2.24) is 4.98 Å². The van der Waals surface area contributed by atoms with E-state index in [1.54, 1.807) is 18.3 Å². The number of nitrogens with zero attached hydrogens (tertiary/aromatic N) is 2. The van der Waals surface area contributed by atoms with Gasteiger partial charge in [0.05, 0.1) is 11.6 Å². The second-order valence-corrected chi connectivity index (χ2v) is 4.04. The Bertz CT molecular complexity index is 422. The summed E-state index contributed by atoms with van der Waals surface area (Å²) in [6.45, 7) is 6.11. The second-order valence-electron chi connectivity index (χ2n) is 4.04. The third kappa shape index (κ3) is 3.29. The van der Waals surface area contributed by atoms with Gasteiger partial charge < -0.3 is 0 Å². The molecule has 0 saturated heterocycles. The molecule has 0 unspecified atom stereocenters. The molecule has 0 atom stereocenters. The lowest BCUT2D eigenvalue weighted by Crippen LogP contribution is -1.99. The van der Waals surface area contributed by atoms with Gasteiger partial charge in [0.2, 0.25) is 0 Å². The molecule has 1 aromatic rings. The van der Waals surface area contributed by atoms with Crippen LogP contribution in [0.4, 0.5) is 0 Å². The van der Waals surface area contributed by atoms with E-state index in [0.717, 1.165) is 0 Å². The Balaban J connectivity index is 2.98. The molecule has 0 spiro atoms. The van der Waals surface area contributed by atoms with Gasteiger partial charge in [0.15, 0.2) is 0 Å². The van der Waals surface area contributed by atoms with Crippen LogP contribution in [0.5, 0.6) is 0 Å². The van der Waals surface area contributed by atoms with E-state index >= 15 is 0 Å². The average Bonchev–Trinajstić information content (AvgIpc) is 2.14. The van der Waals surface area contributed by atoms with Crippen LogP contribution in [-0.2, 0) is 0 Å². The highest BCUT2D eigenvalue weighted by Gasteiger charge is 2.03. The number of hydrogen-bond acceptors (Lipinski definition) is 2. The third-order valence-electron chi connectivity index (χ3n) is 1.45. The summed E-state index contributed by atoms with van der Waals surface area (Å²) in [5.74, 6) is 6.01. The Hall–Kier alpha value is -1.80. The Morgan fingerprint density at radius 2 is 2.07 bits per heavy atom. The SMILES string of the molecule is CC(C)(C)C#Cc1cc(C#N)ccn1. The van der Waals surface area contributed by atoms with Crippen molar-refractivity contribution in [2.75, 3.05) is 0 Å². The van der Waals surface area contributed by atoms with Crippen molar-refractivity contribution in [3.05, 3.63) is 29.6 Å². The summed E-state index contributed by atoms with van der Waals surface area (Å²) in [4.78, 5) is 4.07. The standard InChI is InChI=1S/C12H12N2/c1-12(2,3)6-4-11-8-10(9-13)5-7-14-11/h5,7-8H,1-3H3. The Labute approximate surface area is 84.6 Å². The maximum atomic E-state index is 8.66. The minimum absolute atomic E-state index is 0.0374. The van der Waals surface area contributed by atoms with Gasteiger partial charge >= 0.3 is 0 Å². The summed E-state index contributed by atoms with van der Waals surface area (Å²) in [6.07, 6.45) is 1.60. The zero-order valence-electron chi connectivity index (χ0n) is 8.63. The molecular weight excluding hydrogens is 172 g/mol. The van der Waals surface area contributed by atoms with E-state index in [4.69, 9.17) is 5.26 Å². The number of pyridine rings is 1. The molecule has 0 saturated carbocycles. The molecule has 1 heterocycles. The normalized spacial score (nSPS) is 9.86. The van der Waals surface area contributed by atoms with Gasteiger partial charge in [-0.05, 0) is 38.8 Å². The predicted octanol–water partition coefficient (Wildman–Crippen LogP) is 2.35. The first-order valence-corrected chi connectivity index (χ1v) is 4.40. The lowest BCUT2D eigenvalue weighted by molar-refractivity contribution is 0.571. The van der Waals surface area contributed by atoms with Gasteiger partial charge in [-0.3, -0.25) is 0 Å². The minimum Gasteiger partial charge on any atom is -0.248 e. The molecule has 1 aromatic heterocycles. The van der Waals surface area contributed by atoms with Crippen molar-refractivity contribution in [1.29, 1.82) is 5.26 Å². The number of hydrogen-bond donors (Lipinski definition) is 0. The van der Waals surface area contributed by atoms with Gasteiger partial charge in [0.1, 0.15) is 5.69 Å². The largest absolute Gasteiger partial charge is 0.248 e. The van der Waals surface area contributed by atoms with E-state index < -0.39 is 0 Å². The molecule has 14 heavy (non-hydrogen) atoms. The van der Waals surface area contributed by atoms with Crippen molar-refractivity contribution in [3.8, 4) is 17.9 Å². The van der Waals surface area contributed by atoms with E-state index in [1.165, 1.54) is 0 Å². The fourth-order valence-electron chi connectivity index (χ4n) is 0.820. The number of aromatic nitrogens is 1. The van der Waals surface area contributed by atoms with Gasteiger partial charge in [-0.1, -0.05) is 5.92 Å². The summed E-state index contributed by atoms with van der Waals surface area (Å²) < 4.78 is 0. The minimum atomic E-state index is -0.0374. The van der Waals surface area contributed by atoms with Crippen molar-refractivity contribution in [2.24, 2.45) is 5.41 Å². The zero-order chi connectivity index (χ0) is 10.6. The van der Waals surface area contributed by atoms with Crippen molar-refractivity contribution in [3.63, 3.8) is 0 Å². The van der Waals surface area contributed by atoms with Crippen molar-refractivity contribution < 1.29 is 0 Å². The maximum Gasteiger partial charge on any atom is 0.114 e. The van der Waals surface area contributed by atoms with Crippen LogP contribution in [0.1, 0.15) is 32.0 Å². The van der Waals surface area contributed by atoms with Crippen LogP contribution < -0.4 is 0 Å². The van der Waals surface area contributed by atoms with E-state index in [-0.39, 0.29) is 5.41 Å². The molecule has 0 fully saturated rings. The van der Waals surface area contributed by atoms with Gasteiger partial charge in [-0.25, -0.2) is 4.98 Å². The molecule has 0 aliphatic carbocycles. The molecule has 0 aliphatic heterocycles. The molecule has 0 radical (unpaired) electrons. The highest BCUT2D eigenvalue weighted by molar-refractivity contribution is 5.36. The van der Waals surface area contributed by atoms with Crippen LogP contribution in [0.3, 0.4) is 0 Å². The topological polar surface area (TPSA) is 36.7 Å². The average molecular weight is 184 g/mol. The van der Waals surface area contributed by atoms with Crippen LogP contribution in [-0.4, -0.2) is 4.98 Å². The van der Waals surface area contributed by atoms with Crippen molar-refractivity contribution in [2.45, 2.75) is 20.8 Å². The summed E-state index contributed by atoms with van der Waals surface area (Å²) >= 11 is 0. The van der Waals surface area contributed by atoms with E-state index in [0.29, 0.717) is 11.3 Å². The molecular formula is C12H12N2. The molecule has 2 nitrogen and oxygen atoms in total. The number of nitriles is 1. The fraction of sp³-hybridized carbons (Fsp3) is 0.333. The first kappa shape index (κ1) is 10.3. The smallest absolute Gasteiger partial charge is 0.114 e. The first-order valence-electron chi connectivity index (χ1n) is 4.40. The summed E-state index contributed by atoms with van der Waals surface area (Å²) in [5.41, 5.74) is 1.21. The summed E-state index contributed by atoms with van der Waals surface area (Å²) in [6, 6.07) is 5.42. The van der Waals surface area contributed by atoms with Gasteiger partial charge in [-0.2, -0.15) is 5.26 Å². The lowest BCUT2D eigenvalue weighted by Gasteiger charge is -2.06.